The molecule has 3 aliphatic rings. The van der Waals surface area contributed by atoms with E-state index < -0.39 is 11.6 Å². The van der Waals surface area contributed by atoms with Gasteiger partial charge in [-0.2, -0.15) is 5.26 Å². The van der Waals surface area contributed by atoms with E-state index in [9.17, 15) is 9.59 Å². The molecule has 2 aromatic rings. The van der Waals surface area contributed by atoms with Gasteiger partial charge in [-0.25, -0.2) is 4.79 Å². The Labute approximate surface area is 252 Å². The first-order valence-electron chi connectivity index (χ1n) is 14.5. The van der Waals surface area contributed by atoms with Gasteiger partial charge in [0.25, 0.3) is 5.91 Å². The first-order valence-corrected chi connectivity index (χ1v) is 14.9. The van der Waals surface area contributed by atoms with Crippen molar-refractivity contribution in [1.29, 1.82) is 5.26 Å². The lowest BCUT2D eigenvalue weighted by atomic mass is 9.45. The lowest BCUT2D eigenvalue weighted by molar-refractivity contribution is -0.202. The number of amides is 1. The van der Waals surface area contributed by atoms with Crippen LogP contribution in [0.2, 0.25) is 5.02 Å². The SMILES string of the molecule is CC1(C)[C@H](CN2Cc3cc(C#CCCCCOC4(C(=O)O)CC4)ccc3C2=O)C(C)(C)[C@H]1Oc1ccc(C#N)c(Cl)c1. The van der Waals surface area contributed by atoms with E-state index in [0.29, 0.717) is 55.3 Å². The summed E-state index contributed by atoms with van der Waals surface area (Å²) in [7, 11) is 0. The summed E-state index contributed by atoms with van der Waals surface area (Å²) < 4.78 is 12.0. The predicted octanol–water partition coefficient (Wildman–Crippen LogP) is 6.45. The number of nitrogens with zero attached hydrogens (tertiary/aromatic N) is 2. The number of benzene rings is 2. The molecule has 2 saturated carbocycles. The molecular weight excluding hydrogens is 552 g/mol. The Morgan fingerprint density at radius 1 is 1.12 bits per heavy atom. The van der Waals surface area contributed by atoms with Crippen molar-refractivity contribution in [2.75, 3.05) is 13.2 Å². The van der Waals surface area contributed by atoms with Crippen LogP contribution in [0.25, 0.3) is 0 Å². The number of ether oxygens (including phenoxy) is 2. The van der Waals surface area contributed by atoms with E-state index in [1.54, 1.807) is 18.2 Å². The van der Waals surface area contributed by atoms with Crippen molar-refractivity contribution in [3.8, 4) is 23.7 Å². The summed E-state index contributed by atoms with van der Waals surface area (Å²) in [6.07, 6.45) is 3.44. The predicted molar refractivity (Wildman–Crippen MR) is 159 cm³/mol. The molecule has 0 spiro atoms. The molecule has 1 aliphatic heterocycles. The molecule has 1 amide bonds. The summed E-state index contributed by atoms with van der Waals surface area (Å²) in [6, 6.07) is 13.0. The number of nitriles is 1. The number of fused-ring (bicyclic) bond motifs is 1. The third-order valence-electron chi connectivity index (χ3n) is 9.25. The minimum atomic E-state index is -0.929. The highest BCUT2D eigenvalue weighted by molar-refractivity contribution is 6.31. The molecule has 42 heavy (non-hydrogen) atoms. The standard InChI is InChI=1S/C34H37ClN2O5/c1-32(2)28(33(3,4)30(32)42-25-12-11-23(19-36)27(35)18-25)21-37-20-24-17-22(10-13-26(24)29(37)38)9-7-5-6-8-16-41-34(14-15-34)31(39)40/h10-13,17-18,28,30H,5-6,8,14-16,20-21H2,1-4H3,(H,39,40)/t28-,30-. The Bertz CT molecular complexity index is 1490. The summed E-state index contributed by atoms with van der Waals surface area (Å²) >= 11 is 6.23. The van der Waals surface area contributed by atoms with Crippen LogP contribution in [-0.2, 0) is 16.1 Å². The van der Waals surface area contributed by atoms with E-state index in [4.69, 9.17) is 31.4 Å². The molecule has 0 saturated heterocycles. The Morgan fingerprint density at radius 2 is 1.86 bits per heavy atom. The fourth-order valence-corrected chi connectivity index (χ4v) is 7.08. The Balaban J connectivity index is 1.15. The molecule has 7 nitrogen and oxygen atoms in total. The third-order valence-corrected chi connectivity index (χ3v) is 9.56. The lowest BCUT2D eigenvalue weighted by Gasteiger charge is -2.64. The molecule has 0 bridgehead atoms. The van der Waals surface area contributed by atoms with Gasteiger partial charge < -0.3 is 19.5 Å². The van der Waals surface area contributed by atoms with Gasteiger partial charge in [0.15, 0.2) is 5.60 Å². The summed E-state index contributed by atoms with van der Waals surface area (Å²) in [5.74, 6) is 6.46. The second-order valence-corrected chi connectivity index (χ2v) is 13.3. The largest absolute Gasteiger partial charge is 0.489 e. The van der Waals surface area contributed by atoms with Crippen LogP contribution in [0.15, 0.2) is 36.4 Å². The normalized spacial score (nSPS) is 22.3. The first-order chi connectivity index (χ1) is 19.9. The van der Waals surface area contributed by atoms with Gasteiger partial charge in [-0.05, 0) is 67.5 Å². The van der Waals surface area contributed by atoms with Crippen molar-refractivity contribution < 1.29 is 24.2 Å². The number of aliphatic carboxylic acids is 1. The van der Waals surface area contributed by atoms with E-state index >= 15 is 0 Å². The van der Waals surface area contributed by atoms with Gasteiger partial charge in [0.05, 0.1) is 10.6 Å². The minimum absolute atomic E-state index is 0.0501. The average molecular weight is 589 g/mol. The summed E-state index contributed by atoms with van der Waals surface area (Å²) in [5.41, 5.74) is 1.74. The number of hydrogen-bond donors (Lipinski definition) is 1. The highest BCUT2D eigenvalue weighted by Gasteiger charge is 2.63. The number of unbranched alkanes of at least 4 members (excludes halogenated alkanes) is 2. The fraction of sp³-hybridized carbons (Fsp3) is 0.500. The molecule has 8 heteroatoms. The van der Waals surface area contributed by atoms with E-state index in [1.807, 2.05) is 23.1 Å². The summed E-state index contributed by atoms with van der Waals surface area (Å²) in [4.78, 5) is 26.4. The van der Waals surface area contributed by atoms with Gasteiger partial charge in [0.1, 0.15) is 17.9 Å². The molecular formula is C34H37ClN2O5. The van der Waals surface area contributed by atoms with Crippen LogP contribution in [0.4, 0.5) is 0 Å². The van der Waals surface area contributed by atoms with Crippen molar-refractivity contribution in [3.05, 3.63) is 63.7 Å². The Hall–Kier alpha value is -3.52. The summed E-state index contributed by atoms with van der Waals surface area (Å²) in [6.45, 7) is 10.4. The molecule has 2 aliphatic carbocycles. The molecule has 0 atom stereocenters. The Morgan fingerprint density at radius 3 is 2.50 bits per heavy atom. The zero-order valence-corrected chi connectivity index (χ0v) is 25.4. The molecule has 2 aromatic carbocycles. The monoisotopic (exact) mass is 588 g/mol. The number of rotatable bonds is 10. The van der Waals surface area contributed by atoms with Crippen LogP contribution in [0.5, 0.6) is 5.75 Å². The van der Waals surface area contributed by atoms with Crippen molar-refractivity contribution in [1.82, 2.24) is 4.90 Å². The lowest BCUT2D eigenvalue weighted by Crippen LogP contribution is -2.68. The quantitative estimate of drug-likeness (QED) is 0.253. The smallest absolute Gasteiger partial charge is 0.335 e. The van der Waals surface area contributed by atoms with Crippen molar-refractivity contribution in [3.63, 3.8) is 0 Å². The van der Waals surface area contributed by atoms with Crippen LogP contribution in [0.1, 0.15) is 86.8 Å². The van der Waals surface area contributed by atoms with Crippen LogP contribution >= 0.6 is 11.6 Å². The van der Waals surface area contributed by atoms with E-state index in [0.717, 1.165) is 29.5 Å². The van der Waals surface area contributed by atoms with Crippen LogP contribution in [0.3, 0.4) is 0 Å². The van der Waals surface area contributed by atoms with Crippen LogP contribution < -0.4 is 4.74 Å². The number of carboxylic acid groups (broad SMARTS) is 1. The molecule has 220 valence electrons. The van der Waals surface area contributed by atoms with Crippen molar-refractivity contribution >= 4 is 23.5 Å². The minimum Gasteiger partial charge on any atom is -0.489 e. The zero-order valence-electron chi connectivity index (χ0n) is 24.6. The van der Waals surface area contributed by atoms with Gasteiger partial charge in [-0.15, -0.1) is 0 Å². The summed E-state index contributed by atoms with van der Waals surface area (Å²) in [5, 5.41) is 18.7. The third kappa shape index (κ3) is 5.61. The number of hydrogen-bond acceptors (Lipinski definition) is 5. The van der Waals surface area contributed by atoms with Gasteiger partial charge in [0.2, 0.25) is 0 Å². The van der Waals surface area contributed by atoms with Gasteiger partial charge in [0, 0.05) is 54.1 Å². The van der Waals surface area contributed by atoms with Crippen LogP contribution in [-0.4, -0.2) is 46.7 Å². The molecule has 2 fully saturated rings. The van der Waals surface area contributed by atoms with Gasteiger partial charge in [-0.3, -0.25) is 4.79 Å². The molecule has 0 unspecified atom stereocenters. The number of halogens is 1. The Kier molecular flexibility index (Phi) is 8.05. The number of carbonyl (C=O) groups is 2. The maximum Gasteiger partial charge on any atom is 0.335 e. The highest BCUT2D eigenvalue weighted by atomic mass is 35.5. The molecule has 5 rings (SSSR count). The number of carboxylic acids is 1. The molecule has 1 N–H and O–H groups in total. The highest BCUT2D eigenvalue weighted by Crippen LogP contribution is 2.60. The number of carbonyl (C=O) groups excluding carboxylic acids is 1. The maximum atomic E-state index is 13.3. The van der Waals surface area contributed by atoms with Crippen LogP contribution in [0, 0.1) is 39.9 Å². The molecule has 1 heterocycles. The van der Waals surface area contributed by atoms with E-state index in [1.165, 1.54) is 0 Å². The fourth-order valence-electron chi connectivity index (χ4n) is 6.86. The van der Waals surface area contributed by atoms with E-state index in [2.05, 4.69) is 45.6 Å². The maximum absolute atomic E-state index is 13.3. The van der Waals surface area contributed by atoms with Crippen molar-refractivity contribution in [2.24, 2.45) is 16.7 Å². The average Bonchev–Trinajstić information content (AvgIpc) is 3.67. The van der Waals surface area contributed by atoms with E-state index in [-0.39, 0.29) is 28.8 Å². The molecule has 0 radical (unpaired) electrons. The van der Waals surface area contributed by atoms with Gasteiger partial charge in [-0.1, -0.05) is 51.1 Å². The van der Waals surface area contributed by atoms with Crippen molar-refractivity contribution in [2.45, 2.75) is 78.0 Å². The second-order valence-electron chi connectivity index (χ2n) is 12.9. The first kappa shape index (κ1) is 30.0. The second kappa shape index (κ2) is 11.3. The zero-order chi connectivity index (χ0) is 30.3. The molecule has 0 aromatic heterocycles. The van der Waals surface area contributed by atoms with Gasteiger partial charge >= 0.3 is 5.97 Å². The topological polar surface area (TPSA) is 99.9 Å².